The number of carbonyl (C=O) groups excluding carboxylic acids is 3. The van der Waals surface area contributed by atoms with E-state index >= 15 is 0 Å². The van der Waals surface area contributed by atoms with Crippen LogP contribution in [-0.4, -0.2) is 41.4 Å². The average molecular weight is 351 g/mol. The van der Waals surface area contributed by atoms with Gasteiger partial charge in [-0.15, -0.1) is 0 Å². The summed E-state index contributed by atoms with van der Waals surface area (Å²) in [7, 11) is 0. The van der Waals surface area contributed by atoms with E-state index in [2.05, 4.69) is 11.8 Å². The summed E-state index contributed by atoms with van der Waals surface area (Å²) in [6.45, 7) is 6.16. The summed E-state index contributed by atoms with van der Waals surface area (Å²) in [4.78, 5) is 41.3. The van der Waals surface area contributed by atoms with Crippen molar-refractivity contribution in [2.24, 2.45) is 11.8 Å². The van der Waals surface area contributed by atoms with Gasteiger partial charge in [-0.1, -0.05) is 38.1 Å². The summed E-state index contributed by atoms with van der Waals surface area (Å²) in [6, 6.07) is 7.42. The molecule has 26 heavy (non-hydrogen) atoms. The van der Waals surface area contributed by atoms with Crippen LogP contribution in [-0.2, 0) is 4.79 Å². The van der Waals surface area contributed by atoms with Crippen molar-refractivity contribution in [3.05, 3.63) is 46.5 Å². The number of nitrogens with zero attached hydrogens (tertiary/aromatic N) is 1. The first kappa shape index (κ1) is 17.3. The third kappa shape index (κ3) is 2.59. The van der Waals surface area contributed by atoms with Crippen LogP contribution in [0.25, 0.3) is 0 Å². The number of likely N-dealkylation sites (tertiary alicyclic amines) is 1. The molecule has 3 aliphatic rings. The zero-order valence-electron chi connectivity index (χ0n) is 15.5. The van der Waals surface area contributed by atoms with Gasteiger partial charge in [-0.2, -0.15) is 0 Å². The van der Waals surface area contributed by atoms with E-state index in [9.17, 15) is 14.4 Å². The molecule has 0 saturated carbocycles. The smallest absolute Gasteiger partial charge is 0.190 e. The van der Waals surface area contributed by atoms with E-state index in [1.165, 1.54) is 0 Å². The monoisotopic (exact) mass is 351 g/mol. The molecule has 2 aliphatic carbocycles. The van der Waals surface area contributed by atoms with Gasteiger partial charge in [0.15, 0.2) is 11.6 Å². The molecule has 0 amide bonds. The van der Waals surface area contributed by atoms with E-state index in [4.69, 9.17) is 0 Å². The van der Waals surface area contributed by atoms with E-state index in [1.807, 2.05) is 6.92 Å². The number of benzene rings is 1. The molecule has 3 atom stereocenters. The van der Waals surface area contributed by atoms with Crippen molar-refractivity contribution in [2.45, 2.75) is 45.6 Å². The Morgan fingerprint density at radius 1 is 1.08 bits per heavy atom. The highest BCUT2D eigenvalue weighted by Gasteiger charge is 2.44. The minimum Gasteiger partial charge on any atom is -0.301 e. The highest BCUT2D eigenvalue weighted by molar-refractivity contribution is 6.28. The lowest BCUT2D eigenvalue weighted by atomic mass is 9.66. The number of ketones is 3. The lowest BCUT2D eigenvalue weighted by Gasteiger charge is -2.37. The SMILES string of the molecule is CCN1CCCC1CC1C2=C(CC(=O)C1C)C(=O)c1ccccc1C2=O. The van der Waals surface area contributed by atoms with Crippen LogP contribution in [0.3, 0.4) is 0 Å². The molecule has 1 heterocycles. The van der Waals surface area contributed by atoms with Gasteiger partial charge in [-0.05, 0) is 38.3 Å². The lowest BCUT2D eigenvalue weighted by molar-refractivity contribution is -0.123. The molecule has 4 nitrogen and oxygen atoms in total. The van der Waals surface area contributed by atoms with E-state index in [1.54, 1.807) is 24.3 Å². The van der Waals surface area contributed by atoms with Crippen LogP contribution >= 0.6 is 0 Å². The van der Waals surface area contributed by atoms with Gasteiger partial charge >= 0.3 is 0 Å². The quantitative estimate of drug-likeness (QED) is 0.837. The molecule has 0 spiro atoms. The maximum atomic E-state index is 13.2. The average Bonchev–Trinajstić information content (AvgIpc) is 3.10. The number of carbonyl (C=O) groups is 3. The van der Waals surface area contributed by atoms with Crippen LogP contribution in [0, 0.1) is 11.8 Å². The second-order valence-electron chi connectivity index (χ2n) is 7.79. The van der Waals surface area contributed by atoms with Gasteiger partial charge in [0.05, 0.1) is 0 Å². The minimum absolute atomic E-state index is 0.0411. The molecule has 1 aliphatic heterocycles. The third-order valence-corrected chi connectivity index (χ3v) is 6.52. The van der Waals surface area contributed by atoms with E-state index in [-0.39, 0.29) is 35.6 Å². The number of fused-ring (bicyclic) bond motifs is 1. The molecule has 136 valence electrons. The molecular formula is C22H25NO3. The van der Waals surface area contributed by atoms with E-state index < -0.39 is 0 Å². The molecule has 0 aromatic heterocycles. The number of hydrogen-bond acceptors (Lipinski definition) is 4. The lowest BCUT2D eigenvalue weighted by Crippen LogP contribution is -2.40. The molecular weight excluding hydrogens is 326 g/mol. The van der Waals surface area contributed by atoms with Crippen LogP contribution in [0.4, 0.5) is 0 Å². The predicted molar refractivity (Wildman–Crippen MR) is 99.3 cm³/mol. The summed E-state index contributed by atoms with van der Waals surface area (Å²) >= 11 is 0. The standard InChI is InChI=1S/C22H25NO3/c1-3-23-10-6-7-14(23)11-17-13(2)19(24)12-18-20(17)22(26)16-9-5-4-8-15(16)21(18)25/h4-5,8-9,13-14,17H,3,6-7,10-12H2,1-2H3. The number of Topliss-reactive ketones (excluding diaryl/α,β-unsaturated/α-hetero) is 3. The molecule has 1 aromatic carbocycles. The van der Waals surface area contributed by atoms with Crippen molar-refractivity contribution in [1.82, 2.24) is 4.90 Å². The highest BCUT2D eigenvalue weighted by atomic mass is 16.1. The topological polar surface area (TPSA) is 54.5 Å². The van der Waals surface area contributed by atoms with Crippen LogP contribution in [0.15, 0.2) is 35.4 Å². The van der Waals surface area contributed by atoms with Gasteiger partial charge in [0.25, 0.3) is 0 Å². The fourth-order valence-electron chi connectivity index (χ4n) is 5.02. The Morgan fingerprint density at radius 3 is 2.46 bits per heavy atom. The van der Waals surface area contributed by atoms with Gasteiger partial charge in [0.2, 0.25) is 0 Å². The van der Waals surface area contributed by atoms with Crippen molar-refractivity contribution in [3.8, 4) is 0 Å². The predicted octanol–water partition coefficient (Wildman–Crippen LogP) is 3.46. The van der Waals surface area contributed by atoms with Crippen molar-refractivity contribution < 1.29 is 14.4 Å². The van der Waals surface area contributed by atoms with Gasteiger partial charge in [-0.25, -0.2) is 0 Å². The van der Waals surface area contributed by atoms with Crippen molar-refractivity contribution in [3.63, 3.8) is 0 Å². The molecule has 0 bridgehead atoms. The normalized spacial score (nSPS) is 29.2. The second kappa shape index (κ2) is 6.58. The first-order valence-corrected chi connectivity index (χ1v) is 9.71. The Labute approximate surface area is 154 Å². The number of hydrogen-bond donors (Lipinski definition) is 0. The van der Waals surface area contributed by atoms with Gasteiger partial charge in [0, 0.05) is 40.7 Å². The first-order valence-electron chi connectivity index (χ1n) is 9.71. The Bertz CT molecular complexity index is 822. The fraction of sp³-hybridized carbons (Fsp3) is 0.500. The van der Waals surface area contributed by atoms with Crippen molar-refractivity contribution in [2.75, 3.05) is 13.1 Å². The Kier molecular flexibility index (Phi) is 4.39. The van der Waals surface area contributed by atoms with Crippen LogP contribution in [0.1, 0.15) is 60.2 Å². The number of allylic oxidation sites excluding steroid dienone is 2. The van der Waals surface area contributed by atoms with Crippen LogP contribution < -0.4 is 0 Å². The maximum Gasteiger partial charge on any atom is 0.190 e. The number of rotatable bonds is 3. The maximum absolute atomic E-state index is 13.2. The molecule has 4 heteroatoms. The van der Waals surface area contributed by atoms with Gasteiger partial charge in [-0.3, -0.25) is 14.4 Å². The molecule has 0 radical (unpaired) electrons. The van der Waals surface area contributed by atoms with Crippen molar-refractivity contribution >= 4 is 17.3 Å². The second-order valence-corrected chi connectivity index (χ2v) is 7.79. The Hall–Kier alpha value is -2.07. The molecule has 0 N–H and O–H groups in total. The zero-order chi connectivity index (χ0) is 18.4. The molecule has 3 unspecified atom stereocenters. The summed E-state index contributed by atoms with van der Waals surface area (Å²) in [5.74, 6) is -0.418. The minimum atomic E-state index is -0.199. The summed E-state index contributed by atoms with van der Waals surface area (Å²) < 4.78 is 0. The summed E-state index contributed by atoms with van der Waals surface area (Å²) in [5.41, 5.74) is 2.04. The van der Waals surface area contributed by atoms with Gasteiger partial charge in [0.1, 0.15) is 5.78 Å². The first-order chi connectivity index (χ1) is 12.5. The van der Waals surface area contributed by atoms with E-state index in [0.717, 1.165) is 32.4 Å². The molecule has 1 aromatic rings. The Balaban J connectivity index is 1.76. The Morgan fingerprint density at radius 2 is 1.77 bits per heavy atom. The fourth-order valence-corrected chi connectivity index (χ4v) is 5.02. The zero-order valence-corrected chi connectivity index (χ0v) is 15.5. The van der Waals surface area contributed by atoms with E-state index in [0.29, 0.717) is 28.3 Å². The van der Waals surface area contributed by atoms with Crippen molar-refractivity contribution in [1.29, 1.82) is 0 Å². The summed E-state index contributed by atoms with van der Waals surface area (Å²) in [5, 5.41) is 0. The molecule has 1 fully saturated rings. The molecule has 1 saturated heterocycles. The molecule has 4 rings (SSSR count). The largest absolute Gasteiger partial charge is 0.301 e. The van der Waals surface area contributed by atoms with Gasteiger partial charge < -0.3 is 4.90 Å². The van der Waals surface area contributed by atoms with Crippen LogP contribution in [0.5, 0.6) is 0 Å². The third-order valence-electron chi connectivity index (χ3n) is 6.52. The van der Waals surface area contributed by atoms with Crippen LogP contribution in [0.2, 0.25) is 0 Å². The summed E-state index contributed by atoms with van der Waals surface area (Å²) in [6.07, 6.45) is 3.16. The highest BCUT2D eigenvalue weighted by Crippen LogP contribution is 2.43.